The SMILES string of the molecule is CC(CCCN)c1nc(C2Cc3ccccc32)no1. The topological polar surface area (TPSA) is 64.9 Å². The standard InChI is InChI=1S/C15H19N3O/c1-10(5-4-8-16)15-17-14(18-19-15)13-9-11-6-2-3-7-12(11)13/h2-3,6-7,10,13H,4-5,8-9,16H2,1H3. The maximum atomic E-state index is 5.53. The number of hydrogen-bond acceptors (Lipinski definition) is 4. The molecule has 0 aliphatic heterocycles. The summed E-state index contributed by atoms with van der Waals surface area (Å²) in [5.74, 6) is 2.18. The molecule has 0 radical (unpaired) electrons. The Kier molecular flexibility index (Phi) is 3.34. The first-order chi connectivity index (χ1) is 9.29. The number of hydrogen-bond donors (Lipinski definition) is 1. The normalized spacial score (nSPS) is 18.7. The van der Waals surface area contributed by atoms with E-state index in [2.05, 4.69) is 41.3 Å². The molecule has 0 bridgehead atoms. The summed E-state index contributed by atoms with van der Waals surface area (Å²) in [6, 6.07) is 8.45. The molecule has 1 aliphatic rings. The first-order valence-electron chi connectivity index (χ1n) is 6.91. The van der Waals surface area contributed by atoms with Crippen LogP contribution in [-0.2, 0) is 6.42 Å². The molecule has 1 heterocycles. The van der Waals surface area contributed by atoms with Crippen LogP contribution in [-0.4, -0.2) is 16.7 Å². The van der Waals surface area contributed by atoms with Crippen LogP contribution >= 0.6 is 0 Å². The van der Waals surface area contributed by atoms with Crippen molar-refractivity contribution in [1.82, 2.24) is 10.1 Å². The summed E-state index contributed by atoms with van der Waals surface area (Å²) in [5, 5.41) is 4.15. The van der Waals surface area contributed by atoms with E-state index in [1.807, 2.05) is 0 Å². The molecule has 2 aromatic rings. The van der Waals surface area contributed by atoms with Gasteiger partial charge in [-0.05, 0) is 36.9 Å². The number of aromatic nitrogens is 2. The maximum absolute atomic E-state index is 5.53. The molecule has 4 heteroatoms. The van der Waals surface area contributed by atoms with E-state index in [1.165, 1.54) is 11.1 Å². The highest BCUT2D eigenvalue weighted by atomic mass is 16.5. The van der Waals surface area contributed by atoms with Crippen LogP contribution in [0.2, 0.25) is 0 Å². The Hall–Kier alpha value is -1.68. The average molecular weight is 257 g/mol. The van der Waals surface area contributed by atoms with Crippen molar-refractivity contribution < 1.29 is 4.52 Å². The fourth-order valence-corrected chi connectivity index (χ4v) is 2.63. The molecule has 0 saturated heterocycles. The van der Waals surface area contributed by atoms with E-state index in [9.17, 15) is 0 Å². The summed E-state index contributed by atoms with van der Waals surface area (Å²) < 4.78 is 5.39. The molecule has 100 valence electrons. The molecule has 2 N–H and O–H groups in total. The summed E-state index contributed by atoms with van der Waals surface area (Å²) in [7, 11) is 0. The minimum atomic E-state index is 0.292. The number of nitrogens with two attached hydrogens (primary N) is 1. The molecule has 2 unspecified atom stereocenters. The molecule has 0 spiro atoms. The number of nitrogens with zero attached hydrogens (tertiary/aromatic N) is 2. The first kappa shape index (κ1) is 12.4. The number of rotatable bonds is 5. The lowest BCUT2D eigenvalue weighted by molar-refractivity contribution is 0.346. The van der Waals surface area contributed by atoms with Gasteiger partial charge in [-0.15, -0.1) is 0 Å². The second kappa shape index (κ2) is 5.13. The second-order valence-electron chi connectivity index (χ2n) is 5.28. The fraction of sp³-hybridized carbons (Fsp3) is 0.467. The molecule has 2 atom stereocenters. The van der Waals surface area contributed by atoms with Crippen molar-refractivity contribution in [2.75, 3.05) is 6.54 Å². The Morgan fingerprint density at radius 2 is 2.26 bits per heavy atom. The lowest BCUT2D eigenvalue weighted by Crippen LogP contribution is -2.19. The van der Waals surface area contributed by atoms with E-state index in [4.69, 9.17) is 10.3 Å². The highest BCUT2D eigenvalue weighted by molar-refractivity contribution is 5.43. The zero-order valence-corrected chi connectivity index (χ0v) is 11.2. The maximum Gasteiger partial charge on any atom is 0.229 e. The van der Waals surface area contributed by atoms with Crippen LogP contribution in [0.4, 0.5) is 0 Å². The summed E-state index contributed by atoms with van der Waals surface area (Å²) in [6.45, 7) is 2.82. The summed E-state index contributed by atoms with van der Waals surface area (Å²) in [6.07, 6.45) is 3.01. The van der Waals surface area contributed by atoms with Gasteiger partial charge in [0.05, 0.1) is 5.92 Å². The van der Waals surface area contributed by atoms with Crippen LogP contribution < -0.4 is 5.73 Å². The molecule has 4 nitrogen and oxygen atoms in total. The van der Waals surface area contributed by atoms with E-state index in [-0.39, 0.29) is 0 Å². The number of fused-ring (bicyclic) bond motifs is 1. The van der Waals surface area contributed by atoms with Gasteiger partial charge >= 0.3 is 0 Å². The predicted molar refractivity (Wildman–Crippen MR) is 73.0 cm³/mol. The third-order valence-corrected chi connectivity index (χ3v) is 3.89. The van der Waals surface area contributed by atoms with Gasteiger partial charge in [-0.2, -0.15) is 4.98 Å². The monoisotopic (exact) mass is 257 g/mol. The molecule has 1 aliphatic carbocycles. The summed E-state index contributed by atoms with van der Waals surface area (Å²) >= 11 is 0. The van der Waals surface area contributed by atoms with Crippen molar-refractivity contribution >= 4 is 0 Å². The molecule has 3 rings (SSSR count). The van der Waals surface area contributed by atoms with Gasteiger partial charge in [-0.3, -0.25) is 0 Å². The van der Waals surface area contributed by atoms with Crippen molar-refractivity contribution in [2.45, 2.75) is 38.0 Å². The lowest BCUT2D eigenvalue weighted by Gasteiger charge is -2.27. The van der Waals surface area contributed by atoms with Crippen LogP contribution in [0.5, 0.6) is 0 Å². The van der Waals surface area contributed by atoms with Crippen LogP contribution in [0.15, 0.2) is 28.8 Å². The van der Waals surface area contributed by atoms with Gasteiger partial charge in [0.2, 0.25) is 5.89 Å². The largest absolute Gasteiger partial charge is 0.339 e. The van der Waals surface area contributed by atoms with Crippen LogP contribution in [0.25, 0.3) is 0 Å². The van der Waals surface area contributed by atoms with Gasteiger partial charge in [-0.1, -0.05) is 36.3 Å². The van der Waals surface area contributed by atoms with E-state index in [0.717, 1.165) is 31.0 Å². The van der Waals surface area contributed by atoms with E-state index >= 15 is 0 Å². The Bertz CT molecular complexity index is 564. The average Bonchev–Trinajstić information content (AvgIpc) is 2.87. The lowest BCUT2D eigenvalue weighted by atomic mass is 9.77. The molecular weight excluding hydrogens is 238 g/mol. The minimum Gasteiger partial charge on any atom is -0.339 e. The first-order valence-corrected chi connectivity index (χ1v) is 6.91. The zero-order chi connectivity index (χ0) is 13.2. The third-order valence-electron chi connectivity index (χ3n) is 3.89. The summed E-state index contributed by atoms with van der Waals surface area (Å²) in [5.41, 5.74) is 8.26. The van der Waals surface area contributed by atoms with Gasteiger partial charge in [0.25, 0.3) is 0 Å². The smallest absolute Gasteiger partial charge is 0.229 e. The Morgan fingerprint density at radius 1 is 1.42 bits per heavy atom. The zero-order valence-electron chi connectivity index (χ0n) is 11.2. The molecule has 0 saturated carbocycles. The molecule has 0 fully saturated rings. The molecule has 1 aromatic heterocycles. The molecule has 19 heavy (non-hydrogen) atoms. The summed E-state index contributed by atoms with van der Waals surface area (Å²) in [4.78, 5) is 4.57. The van der Waals surface area contributed by atoms with Gasteiger partial charge < -0.3 is 10.3 Å². The van der Waals surface area contributed by atoms with Crippen LogP contribution in [0.1, 0.15) is 54.4 Å². The van der Waals surface area contributed by atoms with Gasteiger partial charge in [0.15, 0.2) is 5.82 Å². The van der Waals surface area contributed by atoms with Crippen LogP contribution in [0, 0.1) is 0 Å². The van der Waals surface area contributed by atoms with Crippen LogP contribution in [0.3, 0.4) is 0 Å². The highest BCUT2D eigenvalue weighted by Crippen LogP contribution is 2.38. The Labute approximate surface area is 113 Å². The van der Waals surface area contributed by atoms with Gasteiger partial charge in [0, 0.05) is 5.92 Å². The van der Waals surface area contributed by atoms with Crippen molar-refractivity contribution in [3.05, 3.63) is 47.1 Å². The van der Waals surface area contributed by atoms with Crippen molar-refractivity contribution in [2.24, 2.45) is 5.73 Å². The number of benzene rings is 1. The highest BCUT2D eigenvalue weighted by Gasteiger charge is 2.31. The van der Waals surface area contributed by atoms with E-state index in [1.54, 1.807) is 0 Å². The third kappa shape index (κ3) is 2.28. The minimum absolute atomic E-state index is 0.292. The van der Waals surface area contributed by atoms with Crippen molar-refractivity contribution in [3.8, 4) is 0 Å². The van der Waals surface area contributed by atoms with Gasteiger partial charge in [-0.25, -0.2) is 0 Å². The second-order valence-corrected chi connectivity index (χ2v) is 5.28. The van der Waals surface area contributed by atoms with E-state index < -0.39 is 0 Å². The Balaban J connectivity index is 1.73. The predicted octanol–water partition coefficient (Wildman–Crippen LogP) is 2.60. The Morgan fingerprint density at radius 3 is 3.05 bits per heavy atom. The molecular formula is C15H19N3O. The van der Waals surface area contributed by atoms with Crippen molar-refractivity contribution in [3.63, 3.8) is 0 Å². The van der Waals surface area contributed by atoms with E-state index in [0.29, 0.717) is 18.4 Å². The fourth-order valence-electron chi connectivity index (χ4n) is 2.63. The van der Waals surface area contributed by atoms with Gasteiger partial charge in [0.1, 0.15) is 0 Å². The van der Waals surface area contributed by atoms with Crippen molar-refractivity contribution in [1.29, 1.82) is 0 Å². The molecule has 1 aromatic carbocycles. The quantitative estimate of drug-likeness (QED) is 0.894. The molecule has 0 amide bonds.